The zero-order valence-electron chi connectivity index (χ0n) is 22.8. The van der Waals surface area contributed by atoms with Crippen LogP contribution in [0.1, 0.15) is 71.9 Å². The Morgan fingerprint density at radius 3 is 2.70 bits per heavy atom. The van der Waals surface area contributed by atoms with Gasteiger partial charge in [-0.25, -0.2) is 4.98 Å². The largest absolute Gasteiger partial charge is 0.469 e. The van der Waals surface area contributed by atoms with Crippen molar-refractivity contribution in [2.45, 2.75) is 57.4 Å². The highest BCUT2D eigenvalue weighted by Gasteiger charge is 2.42. The lowest BCUT2D eigenvalue weighted by Crippen LogP contribution is -2.56. The van der Waals surface area contributed by atoms with Gasteiger partial charge < -0.3 is 14.2 Å². The number of aryl methyl sites for hydroxylation is 1. The van der Waals surface area contributed by atoms with Crippen molar-refractivity contribution < 1.29 is 9.21 Å². The summed E-state index contributed by atoms with van der Waals surface area (Å²) >= 11 is 0. The van der Waals surface area contributed by atoms with E-state index in [0.717, 1.165) is 53.8 Å². The Morgan fingerprint density at radius 2 is 2.05 bits per heavy atom. The molecule has 8 nitrogen and oxygen atoms in total. The second kappa shape index (κ2) is 10.6. The van der Waals surface area contributed by atoms with E-state index in [0.29, 0.717) is 67.0 Å². The first kappa shape index (κ1) is 25.8. The lowest BCUT2D eigenvalue weighted by Gasteiger charge is -2.43. The molecule has 1 amide bonds. The third kappa shape index (κ3) is 4.86. The third-order valence-corrected chi connectivity index (χ3v) is 8.43. The SMILES string of the molecule is C=Cc1cc(-c2c(C3CC3)nc(N3CCN(C(=O)CCc4ccco4)C(C4CC4)C3)c(C#N)c2C)c(C#N)cn1. The molecule has 0 bridgehead atoms. The number of nitriles is 2. The first-order valence-electron chi connectivity index (χ1n) is 14.1. The number of nitrogens with zero attached hydrogens (tertiary/aromatic N) is 6. The van der Waals surface area contributed by atoms with Gasteiger partial charge in [-0.2, -0.15) is 10.5 Å². The molecule has 0 aromatic carbocycles. The summed E-state index contributed by atoms with van der Waals surface area (Å²) < 4.78 is 5.43. The molecule has 4 heterocycles. The maximum Gasteiger partial charge on any atom is 0.223 e. The van der Waals surface area contributed by atoms with E-state index in [2.05, 4.69) is 33.5 Å². The van der Waals surface area contributed by atoms with Gasteiger partial charge in [-0.3, -0.25) is 9.78 Å². The van der Waals surface area contributed by atoms with Crippen LogP contribution in [0.5, 0.6) is 0 Å². The number of hydrogen-bond donors (Lipinski definition) is 0. The number of piperazine rings is 1. The summed E-state index contributed by atoms with van der Waals surface area (Å²) in [5.41, 5.74) is 5.09. The Hall–Kier alpha value is -4.43. The molecule has 1 atom stereocenters. The van der Waals surface area contributed by atoms with Crippen LogP contribution in [-0.4, -0.2) is 46.5 Å². The minimum Gasteiger partial charge on any atom is -0.469 e. The fraction of sp³-hybridized carbons (Fsp3) is 0.406. The highest BCUT2D eigenvalue weighted by Crippen LogP contribution is 2.47. The lowest BCUT2D eigenvalue weighted by molar-refractivity contribution is -0.134. The van der Waals surface area contributed by atoms with E-state index < -0.39 is 0 Å². The van der Waals surface area contributed by atoms with Gasteiger partial charge in [0.15, 0.2) is 0 Å². The zero-order chi connectivity index (χ0) is 27.8. The number of carbonyl (C=O) groups is 1. The maximum atomic E-state index is 13.3. The predicted molar refractivity (Wildman–Crippen MR) is 151 cm³/mol. The fourth-order valence-corrected chi connectivity index (χ4v) is 5.97. The second-order valence-corrected chi connectivity index (χ2v) is 11.1. The van der Waals surface area contributed by atoms with Crippen LogP contribution in [0.15, 0.2) is 41.7 Å². The van der Waals surface area contributed by atoms with Crippen LogP contribution in [-0.2, 0) is 11.2 Å². The molecule has 0 spiro atoms. The van der Waals surface area contributed by atoms with Crippen molar-refractivity contribution >= 4 is 17.8 Å². The minimum absolute atomic E-state index is 0.107. The molecule has 1 aliphatic heterocycles. The fourth-order valence-electron chi connectivity index (χ4n) is 5.97. The molecular formula is C32H32N6O2. The molecule has 2 saturated carbocycles. The minimum atomic E-state index is 0.107. The summed E-state index contributed by atoms with van der Waals surface area (Å²) in [4.78, 5) is 27.1. The van der Waals surface area contributed by atoms with Gasteiger partial charge >= 0.3 is 0 Å². The van der Waals surface area contributed by atoms with E-state index in [4.69, 9.17) is 9.40 Å². The number of furan rings is 1. The normalized spacial score (nSPS) is 18.7. The average molecular weight is 533 g/mol. The van der Waals surface area contributed by atoms with Gasteiger partial charge in [0, 0.05) is 55.7 Å². The van der Waals surface area contributed by atoms with Gasteiger partial charge in [0.2, 0.25) is 5.91 Å². The van der Waals surface area contributed by atoms with Gasteiger partial charge in [0.1, 0.15) is 23.7 Å². The Balaban J connectivity index is 1.34. The Morgan fingerprint density at radius 1 is 1.23 bits per heavy atom. The van der Waals surface area contributed by atoms with E-state index in [-0.39, 0.29) is 11.9 Å². The molecule has 1 saturated heterocycles. The smallest absolute Gasteiger partial charge is 0.223 e. The van der Waals surface area contributed by atoms with Crippen molar-refractivity contribution in [2.24, 2.45) is 5.92 Å². The molecule has 3 fully saturated rings. The van der Waals surface area contributed by atoms with Crippen LogP contribution in [0.25, 0.3) is 17.2 Å². The molecule has 2 aliphatic carbocycles. The molecule has 3 aliphatic rings. The van der Waals surface area contributed by atoms with E-state index in [9.17, 15) is 15.3 Å². The highest BCUT2D eigenvalue weighted by atomic mass is 16.3. The summed E-state index contributed by atoms with van der Waals surface area (Å²) in [6, 6.07) is 10.5. The number of amides is 1. The summed E-state index contributed by atoms with van der Waals surface area (Å²) in [6.45, 7) is 7.70. The van der Waals surface area contributed by atoms with E-state index >= 15 is 0 Å². The number of rotatable bonds is 8. The van der Waals surface area contributed by atoms with Crippen molar-refractivity contribution in [3.63, 3.8) is 0 Å². The molecule has 3 aromatic heterocycles. The first-order valence-corrected chi connectivity index (χ1v) is 14.1. The van der Waals surface area contributed by atoms with Crippen LogP contribution >= 0.6 is 0 Å². The Labute approximate surface area is 234 Å². The number of aromatic nitrogens is 2. The highest BCUT2D eigenvalue weighted by molar-refractivity contribution is 5.81. The van der Waals surface area contributed by atoms with Crippen LogP contribution in [0.4, 0.5) is 5.82 Å². The van der Waals surface area contributed by atoms with Crippen molar-refractivity contribution in [3.8, 4) is 23.3 Å². The van der Waals surface area contributed by atoms with E-state index in [1.165, 1.54) is 0 Å². The number of anilines is 1. The third-order valence-electron chi connectivity index (χ3n) is 8.43. The molecule has 3 aromatic rings. The summed E-state index contributed by atoms with van der Waals surface area (Å²) in [5.74, 6) is 2.48. The number of carbonyl (C=O) groups excluding carboxylic acids is 1. The maximum absolute atomic E-state index is 13.3. The van der Waals surface area contributed by atoms with Crippen molar-refractivity contribution in [2.75, 3.05) is 24.5 Å². The topological polar surface area (TPSA) is 110 Å². The number of pyridine rings is 2. The van der Waals surface area contributed by atoms with Gasteiger partial charge in [-0.05, 0) is 68.4 Å². The monoisotopic (exact) mass is 532 g/mol. The first-order chi connectivity index (χ1) is 19.5. The van der Waals surface area contributed by atoms with Gasteiger partial charge in [0.25, 0.3) is 0 Å². The van der Waals surface area contributed by atoms with E-state index in [1.807, 2.05) is 25.1 Å². The van der Waals surface area contributed by atoms with Crippen molar-refractivity contribution in [1.29, 1.82) is 10.5 Å². The van der Waals surface area contributed by atoms with Gasteiger partial charge in [-0.15, -0.1) is 0 Å². The molecule has 40 heavy (non-hydrogen) atoms. The molecular weight excluding hydrogens is 500 g/mol. The molecule has 8 heteroatoms. The standard InChI is InChI=1S/C32H32N6O2/c1-3-24-15-26(23(16-33)18-35-24)30-20(2)27(17-34)32(36-31(30)22-8-9-22)37-12-13-38(28(19-37)21-6-7-21)29(39)11-10-25-5-4-14-40-25/h3-5,14-15,18,21-22,28H,1,6-13,19H2,2H3. The lowest BCUT2D eigenvalue weighted by atomic mass is 9.91. The molecule has 0 N–H and O–H groups in total. The van der Waals surface area contributed by atoms with Crippen molar-refractivity contribution in [1.82, 2.24) is 14.9 Å². The molecule has 1 unspecified atom stereocenters. The number of hydrogen-bond acceptors (Lipinski definition) is 7. The second-order valence-electron chi connectivity index (χ2n) is 11.1. The Kier molecular flexibility index (Phi) is 6.86. The zero-order valence-corrected chi connectivity index (χ0v) is 22.8. The summed E-state index contributed by atoms with van der Waals surface area (Å²) in [5, 5.41) is 20.2. The quantitative estimate of drug-likeness (QED) is 0.384. The Bertz CT molecular complexity index is 1540. The van der Waals surface area contributed by atoms with E-state index in [1.54, 1.807) is 18.5 Å². The predicted octanol–water partition coefficient (Wildman–Crippen LogP) is 5.37. The van der Waals surface area contributed by atoms with Crippen LogP contribution in [0.3, 0.4) is 0 Å². The van der Waals surface area contributed by atoms with Crippen molar-refractivity contribution in [3.05, 3.63) is 71.1 Å². The van der Waals surface area contributed by atoms with Gasteiger partial charge in [-0.1, -0.05) is 6.58 Å². The summed E-state index contributed by atoms with van der Waals surface area (Å²) in [7, 11) is 0. The molecule has 6 rings (SSSR count). The van der Waals surface area contributed by atoms with Gasteiger partial charge in [0.05, 0.1) is 34.8 Å². The molecule has 0 radical (unpaired) electrons. The summed E-state index contributed by atoms with van der Waals surface area (Å²) in [6.07, 6.45) is 10.2. The van der Waals surface area contributed by atoms with Crippen LogP contribution < -0.4 is 4.90 Å². The van der Waals surface area contributed by atoms with Crippen LogP contribution in [0.2, 0.25) is 0 Å². The van der Waals surface area contributed by atoms with Crippen LogP contribution in [0, 0.1) is 35.5 Å². The molecule has 202 valence electrons. The average Bonchev–Trinajstić information content (AvgIpc) is 3.93.